The molecule has 0 aliphatic rings. The topological polar surface area (TPSA) is 43.6 Å². The van der Waals surface area contributed by atoms with Gasteiger partial charge in [-0.3, -0.25) is 0 Å². The van der Waals surface area contributed by atoms with Crippen LogP contribution >= 0.6 is 11.3 Å². The quantitative estimate of drug-likeness (QED) is 0.160. The Balaban J connectivity index is 1.08. The van der Waals surface area contributed by atoms with Crippen LogP contribution in [0.25, 0.3) is 126 Å². The number of hydrogen-bond donors (Lipinski definition) is 0. The third kappa shape index (κ3) is 6.48. The van der Waals surface area contributed by atoms with E-state index in [0.717, 1.165) is 49.7 Å². The molecule has 0 fully saturated rings. The lowest BCUT2D eigenvalue weighted by atomic mass is 9.99. The molecule has 0 radical (unpaired) electrons. The van der Waals surface area contributed by atoms with Crippen molar-refractivity contribution < 1.29 is 11.0 Å². The lowest BCUT2D eigenvalue weighted by molar-refractivity contribution is 1.06. The average molecular weight is 867 g/mol. The molecule has 0 saturated heterocycles. The zero-order chi connectivity index (χ0) is 50.5. The first-order valence-electron chi connectivity index (χ1n) is 25.6. The highest BCUT2D eigenvalue weighted by molar-refractivity contribution is 7.26. The van der Waals surface area contributed by atoms with Gasteiger partial charge in [-0.05, 0) is 86.6 Å². The van der Waals surface area contributed by atoms with Gasteiger partial charge in [0.25, 0.3) is 0 Å². The Kier molecular flexibility index (Phi) is 7.24. The Morgan fingerprint density at radius 1 is 0.364 bits per heavy atom. The third-order valence-electron chi connectivity index (χ3n) is 12.3. The minimum absolute atomic E-state index is 0.00800. The van der Waals surface area contributed by atoms with Crippen molar-refractivity contribution in [1.82, 2.24) is 19.5 Å². The zero-order valence-corrected chi connectivity index (χ0v) is 35.8. The van der Waals surface area contributed by atoms with Gasteiger partial charge in [0.15, 0.2) is 17.5 Å². The number of rotatable bonds is 7. The first kappa shape index (κ1) is 30.6. The lowest BCUT2D eigenvalue weighted by Crippen LogP contribution is -2.04. The van der Waals surface area contributed by atoms with Gasteiger partial charge in [-0.15, -0.1) is 11.3 Å². The second-order valence-corrected chi connectivity index (χ2v) is 17.2. The summed E-state index contributed by atoms with van der Waals surface area (Å²) in [6.45, 7) is 0. The van der Waals surface area contributed by atoms with Gasteiger partial charge >= 0.3 is 0 Å². The first-order valence-corrected chi connectivity index (χ1v) is 22.4. The number of nitrogens with zero attached hydrogens (tertiary/aromatic N) is 4. The number of benzene rings is 10. The van der Waals surface area contributed by atoms with Gasteiger partial charge in [0.2, 0.25) is 0 Å². The summed E-state index contributed by atoms with van der Waals surface area (Å²) in [5.41, 5.74) is 7.88. The smallest absolute Gasteiger partial charge is 0.166 e. The molecule has 13 aromatic rings. The van der Waals surface area contributed by atoms with Gasteiger partial charge in [0, 0.05) is 47.6 Å². The summed E-state index contributed by atoms with van der Waals surface area (Å²) in [5.74, 6) is 0.973. The maximum Gasteiger partial charge on any atom is 0.166 e. The average Bonchev–Trinajstić information content (AvgIpc) is 4.04. The highest BCUT2D eigenvalue weighted by Crippen LogP contribution is 2.42. The fourth-order valence-electron chi connectivity index (χ4n) is 9.11. The normalized spacial score (nSPS) is 13.3. The first-order chi connectivity index (χ1) is 36.0. The van der Waals surface area contributed by atoms with Crippen LogP contribution < -0.4 is 0 Å². The molecule has 0 aliphatic heterocycles. The van der Waals surface area contributed by atoms with Crippen LogP contribution in [0.1, 0.15) is 11.0 Å². The Bertz CT molecular complexity index is 4400. The predicted octanol–water partition coefficient (Wildman–Crippen LogP) is 16.5. The van der Waals surface area contributed by atoms with Crippen LogP contribution in [0.2, 0.25) is 0 Å². The van der Waals surface area contributed by atoms with E-state index in [4.69, 9.17) is 20.4 Å². The summed E-state index contributed by atoms with van der Waals surface area (Å²) in [6.07, 6.45) is 0. The Labute approximate surface area is 396 Å². The maximum atomic E-state index is 9.41. The Morgan fingerprint density at radius 3 is 1.76 bits per heavy atom. The van der Waals surface area contributed by atoms with Crippen LogP contribution in [-0.2, 0) is 0 Å². The van der Waals surface area contributed by atoms with Crippen molar-refractivity contribution in [3.05, 3.63) is 230 Å². The molecule has 0 spiro atoms. The lowest BCUT2D eigenvalue weighted by Gasteiger charge is -2.16. The molecule has 3 heterocycles. The molecule has 0 saturated carbocycles. The molecule has 308 valence electrons. The van der Waals surface area contributed by atoms with Crippen molar-refractivity contribution in [3.8, 4) is 73.2 Å². The number of aromatic nitrogens is 4. The molecule has 13 rings (SSSR count). The fourth-order valence-corrected chi connectivity index (χ4v) is 10.4. The van der Waals surface area contributed by atoms with E-state index in [-0.39, 0.29) is 27.6 Å². The second kappa shape index (κ2) is 15.6. The van der Waals surface area contributed by atoms with Crippen molar-refractivity contribution in [2.24, 2.45) is 0 Å². The summed E-state index contributed by atoms with van der Waals surface area (Å²) in [5, 5.41) is 4.62. The van der Waals surface area contributed by atoms with Crippen LogP contribution in [0.5, 0.6) is 0 Å². The van der Waals surface area contributed by atoms with E-state index >= 15 is 0 Å². The summed E-state index contributed by atoms with van der Waals surface area (Å²) >= 11 is 1.75. The molecule has 0 bridgehead atoms. The molecule has 0 atom stereocenters. The van der Waals surface area contributed by atoms with Gasteiger partial charge in [-0.25, -0.2) is 15.0 Å². The van der Waals surface area contributed by atoms with E-state index in [1.54, 1.807) is 11.3 Å². The zero-order valence-electron chi connectivity index (χ0n) is 43.0. The summed E-state index contributed by atoms with van der Waals surface area (Å²) in [4.78, 5) is 15.7. The van der Waals surface area contributed by atoms with Crippen LogP contribution in [0.4, 0.5) is 0 Å². The van der Waals surface area contributed by atoms with E-state index in [1.165, 1.54) is 24.7 Å². The number of hydrogen-bond acceptors (Lipinski definition) is 4. The molecule has 4 nitrogen and oxygen atoms in total. The van der Waals surface area contributed by atoms with Crippen LogP contribution in [0, 0.1) is 0 Å². The van der Waals surface area contributed by atoms with Gasteiger partial charge in [0.1, 0.15) is 0 Å². The number of para-hydroxylation sites is 2. The largest absolute Gasteiger partial charge is 0.308 e. The summed E-state index contributed by atoms with van der Waals surface area (Å²) < 4.78 is 76.3. The van der Waals surface area contributed by atoms with E-state index in [0.29, 0.717) is 28.5 Å². The van der Waals surface area contributed by atoms with Crippen molar-refractivity contribution >= 4 is 64.1 Å². The second-order valence-electron chi connectivity index (χ2n) is 16.2. The maximum absolute atomic E-state index is 9.41. The third-order valence-corrected chi connectivity index (χ3v) is 13.5. The van der Waals surface area contributed by atoms with E-state index in [1.807, 2.05) is 97.1 Å². The summed E-state index contributed by atoms with van der Waals surface area (Å²) in [7, 11) is 0. The Hall–Kier alpha value is -8.51. The van der Waals surface area contributed by atoms with Gasteiger partial charge < -0.3 is 4.57 Å². The molecule has 0 N–H and O–H groups in total. The molecule has 66 heavy (non-hydrogen) atoms. The highest BCUT2D eigenvalue weighted by Gasteiger charge is 2.21. The van der Waals surface area contributed by atoms with E-state index in [9.17, 15) is 5.48 Å². The molecule has 0 amide bonds. The van der Waals surface area contributed by atoms with Crippen molar-refractivity contribution in [2.75, 3.05) is 0 Å². The molecule has 10 aromatic carbocycles. The van der Waals surface area contributed by atoms with Crippen molar-refractivity contribution in [1.29, 1.82) is 0 Å². The molecular formula is C61H38N4S. The summed E-state index contributed by atoms with van der Waals surface area (Å²) in [6, 6.07) is 57.3. The Morgan fingerprint density at radius 2 is 0.939 bits per heavy atom. The SMILES string of the molecule is [2H]c1c([2H])c([2H])c2c(c1[2H])c1c([2H])c([2H])c([2H])c([2H])c1n2-c1cc(-c2ccccc2)ccc1-c1nc(-c2ccc(-c3ccc4ccccc4c3)cc2)nc(-c2cccc(-c3cccc4c3sc3ccccc34)c2)n1. The molecular weight excluding hydrogens is 821 g/mol. The monoisotopic (exact) mass is 866 g/mol. The standard InChI is InChI=1S/C61H38N4S/c1-2-14-39(15-3-1)45-34-35-53(56(38-45)65-54-25-9-6-20-49(54)50-21-7-10-26-55(50)65)61-63-59(42-31-28-41(29-32-42)44-33-30-40-16-4-5-17-43(40)36-44)62-60(64-61)47-19-12-18-46(37-47)48-23-13-24-52-51-22-8-11-27-57(51)66-58(48)52/h1-38H/i6D,7D,9D,10D,20D,21D,25D,26D. The van der Waals surface area contributed by atoms with Crippen molar-refractivity contribution in [2.45, 2.75) is 0 Å². The van der Waals surface area contributed by atoms with Gasteiger partial charge in [0.05, 0.1) is 27.7 Å². The molecule has 3 aromatic heterocycles. The number of fused-ring (bicyclic) bond motifs is 7. The van der Waals surface area contributed by atoms with Gasteiger partial charge in [-0.1, -0.05) is 188 Å². The minimum Gasteiger partial charge on any atom is -0.308 e. The van der Waals surface area contributed by atoms with Gasteiger partial charge in [-0.2, -0.15) is 0 Å². The predicted molar refractivity (Wildman–Crippen MR) is 277 cm³/mol. The van der Waals surface area contributed by atoms with Crippen molar-refractivity contribution in [3.63, 3.8) is 0 Å². The van der Waals surface area contributed by atoms with E-state index < -0.39 is 48.3 Å². The van der Waals surface area contributed by atoms with Crippen LogP contribution in [0.15, 0.2) is 230 Å². The number of thiophene rings is 1. The minimum atomic E-state index is -0.517. The fraction of sp³-hybridized carbons (Fsp3) is 0. The van der Waals surface area contributed by atoms with E-state index in [2.05, 4.69) is 84.9 Å². The molecule has 5 heteroatoms. The highest BCUT2D eigenvalue weighted by atomic mass is 32.1. The van der Waals surface area contributed by atoms with Crippen LogP contribution in [-0.4, -0.2) is 19.5 Å². The van der Waals surface area contributed by atoms with Crippen LogP contribution in [0.3, 0.4) is 0 Å². The molecule has 0 unspecified atom stereocenters. The molecule has 0 aliphatic carbocycles.